The molecule has 8 rings (SSSR count). The molecule has 0 unspecified atom stereocenters. The summed E-state index contributed by atoms with van der Waals surface area (Å²) in [4.78, 5) is 39.4. The molecule has 3 saturated heterocycles. The van der Waals surface area contributed by atoms with Gasteiger partial charge in [0, 0.05) is 55.3 Å². The average molecular weight is 738 g/mol. The Bertz CT molecular complexity index is 2160. The predicted molar refractivity (Wildman–Crippen MR) is 214 cm³/mol. The summed E-state index contributed by atoms with van der Waals surface area (Å²) in [5.74, 6) is 8.34. The zero-order chi connectivity index (χ0) is 37.6. The highest BCUT2D eigenvalue weighted by atomic mass is 16.5. The lowest BCUT2D eigenvalue weighted by Crippen LogP contribution is -2.49. The molecule has 12 nitrogen and oxygen atoms in total. The van der Waals surface area contributed by atoms with Gasteiger partial charge in [-0.1, -0.05) is 30.0 Å². The van der Waals surface area contributed by atoms with E-state index in [1.807, 2.05) is 78.9 Å². The van der Waals surface area contributed by atoms with Gasteiger partial charge in [-0.15, -0.1) is 0 Å². The number of fused-ring (bicyclic) bond motifs is 1. The van der Waals surface area contributed by atoms with Crippen LogP contribution in [0.25, 0.3) is 22.3 Å². The van der Waals surface area contributed by atoms with Crippen LogP contribution in [0.3, 0.4) is 0 Å². The van der Waals surface area contributed by atoms with Gasteiger partial charge in [0.2, 0.25) is 5.91 Å². The summed E-state index contributed by atoms with van der Waals surface area (Å²) >= 11 is 0. The van der Waals surface area contributed by atoms with Crippen LogP contribution in [-0.2, 0) is 4.79 Å². The van der Waals surface area contributed by atoms with Crippen molar-refractivity contribution < 1.29 is 14.3 Å². The lowest BCUT2D eigenvalue weighted by molar-refractivity contribution is -0.120. The van der Waals surface area contributed by atoms with Gasteiger partial charge < -0.3 is 20.3 Å². The second kappa shape index (κ2) is 16.7. The molecule has 5 aromatic rings. The van der Waals surface area contributed by atoms with Crippen molar-refractivity contribution in [3.8, 4) is 34.6 Å². The Balaban J connectivity index is 0.782. The number of anilines is 2. The molecule has 3 N–H and O–H groups in total. The Kier molecular flexibility index (Phi) is 11.0. The van der Waals surface area contributed by atoms with Crippen molar-refractivity contribution >= 4 is 34.5 Å². The number of carbonyl (C=O) groups is 2. The number of nitrogens with two attached hydrogens (primary N) is 1. The number of nitrogens with zero attached hydrogens (tertiary/aromatic N) is 7. The van der Waals surface area contributed by atoms with E-state index in [0.29, 0.717) is 24.8 Å². The van der Waals surface area contributed by atoms with E-state index in [0.717, 1.165) is 110 Å². The van der Waals surface area contributed by atoms with Crippen molar-refractivity contribution in [2.24, 2.45) is 0 Å². The molecule has 3 aliphatic heterocycles. The summed E-state index contributed by atoms with van der Waals surface area (Å²) < 4.78 is 8.10. The monoisotopic (exact) mass is 737 g/mol. The van der Waals surface area contributed by atoms with Crippen LogP contribution in [0, 0.1) is 11.8 Å². The highest BCUT2D eigenvalue weighted by Gasteiger charge is 2.31. The average Bonchev–Trinajstić information content (AvgIpc) is 3.61. The third kappa shape index (κ3) is 8.48. The van der Waals surface area contributed by atoms with Crippen LogP contribution in [0.5, 0.6) is 11.5 Å². The lowest BCUT2D eigenvalue weighted by Gasteiger charge is -2.41. The molecule has 0 bridgehead atoms. The maximum atomic E-state index is 12.1. The van der Waals surface area contributed by atoms with Gasteiger partial charge in [-0.2, -0.15) is 5.10 Å². The first kappa shape index (κ1) is 36.2. The van der Waals surface area contributed by atoms with E-state index in [2.05, 4.69) is 41.6 Å². The molecular weight excluding hydrogens is 691 g/mol. The number of aromatic nitrogens is 4. The number of imide groups is 1. The van der Waals surface area contributed by atoms with Gasteiger partial charge >= 0.3 is 6.03 Å². The third-order valence-electron chi connectivity index (χ3n) is 11.0. The van der Waals surface area contributed by atoms with Crippen molar-refractivity contribution in [2.75, 3.05) is 49.9 Å². The van der Waals surface area contributed by atoms with Gasteiger partial charge in [0.1, 0.15) is 29.3 Å². The van der Waals surface area contributed by atoms with Crippen LogP contribution in [-0.4, -0.2) is 86.8 Å². The number of urea groups is 1. The summed E-state index contributed by atoms with van der Waals surface area (Å²) in [6, 6.07) is 25.9. The van der Waals surface area contributed by atoms with E-state index < -0.39 is 0 Å². The SMILES string of the molecule is Nc1ncnc2c1c(-c1ccc(Oc3ccccc3)cc1)nn2C1CCN(C2CCN(CCCCC#Cc3ccc(N4CCC(=O)NC4=O)cc3)CC2)CC1. The molecule has 3 amide bonds. The molecule has 3 fully saturated rings. The standard InChI is InChI=1S/C43H47N9O3/c44-41-39-40(32-13-17-37(18-14-32)55-36-9-5-3-6-10-36)48-52(42(39)46-30-45-41)35-21-27-50(28-22-35)33-19-25-49(26-20-33)24-7-2-1-4-8-31-11-15-34(16-12-31)51-29-23-38(53)47-43(51)54/h3,5-6,9-18,30,33,35H,1-2,7,19-29H2,(H2,44,45,46)(H,47,53,54). The second-order valence-electron chi connectivity index (χ2n) is 14.6. The Morgan fingerprint density at radius 2 is 1.53 bits per heavy atom. The first-order valence-corrected chi connectivity index (χ1v) is 19.5. The highest BCUT2D eigenvalue weighted by Crippen LogP contribution is 2.36. The van der Waals surface area contributed by atoms with Crippen molar-refractivity contribution in [1.29, 1.82) is 0 Å². The first-order chi connectivity index (χ1) is 27.0. The molecule has 2 aromatic heterocycles. The molecule has 0 aliphatic carbocycles. The van der Waals surface area contributed by atoms with E-state index >= 15 is 0 Å². The molecule has 0 atom stereocenters. The minimum Gasteiger partial charge on any atom is -0.457 e. The van der Waals surface area contributed by atoms with Gasteiger partial charge in [-0.25, -0.2) is 19.4 Å². The molecule has 3 aliphatic rings. The summed E-state index contributed by atoms with van der Waals surface area (Å²) in [5, 5.41) is 8.29. The molecule has 0 saturated carbocycles. The summed E-state index contributed by atoms with van der Waals surface area (Å²) in [6.45, 7) is 5.90. The zero-order valence-corrected chi connectivity index (χ0v) is 31.1. The fraction of sp³-hybridized carbons (Fsp3) is 0.372. The van der Waals surface area contributed by atoms with Crippen molar-refractivity contribution in [1.82, 2.24) is 34.9 Å². The van der Waals surface area contributed by atoms with Crippen molar-refractivity contribution in [2.45, 2.75) is 63.5 Å². The van der Waals surface area contributed by atoms with Crippen LogP contribution in [0.15, 0.2) is 85.2 Å². The number of benzene rings is 3. The number of ether oxygens (including phenoxy) is 1. The van der Waals surface area contributed by atoms with Crippen LogP contribution < -0.4 is 20.7 Å². The normalized spacial score (nSPS) is 17.6. The predicted octanol–water partition coefficient (Wildman–Crippen LogP) is 6.64. The molecule has 0 spiro atoms. The molecule has 3 aromatic carbocycles. The number of unbranched alkanes of at least 4 members (excludes halogenated alkanes) is 2. The number of nitrogens with one attached hydrogen (secondary N) is 1. The fourth-order valence-electron chi connectivity index (χ4n) is 8.01. The Labute approximate surface area is 321 Å². The molecule has 282 valence electrons. The minimum atomic E-state index is -0.369. The number of hydrogen-bond donors (Lipinski definition) is 2. The smallest absolute Gasteiger partial charge is 0.328 e. The van der Waals surface area contributed by atoms with Crippen LogP contribution in [0.1, 0.15) is 63.0 Å². The number of likely N-dealkylation sites (tertiary alicyclic amines) is 2. The molecule has 55 heavy (non-hydrogen) atoms. The van der Waals surface area contributed by atoms with E-state index in [1.165, 1.54) is 12.8 Å². The van der Waals surface area contributed by atoms with E-state index in [-0.39, 0.29) is 18.0 Å². The topological polar surface area (TPSA) is 135 Å². The quantitative estimate of drug-likeness (QED) is 0.120. The summed E-state index contributed by atoms with van der Waals surface area (Å²) in [6.07, 6.45) is 9.40. The number of carbonyl (C=O) groups excluding carboxylic acids is 2. The van der Waals surface area contributed by atoms with Gasteiger partial charge in [0.25, 0.3) is 0 Å². The number of rotatable bonds is 10. The van der Waals surface area contributed by atoms with Gasteiger partial charge in [0.15, 0.2) is 5.65 Å². The minimum absolute atomic E-state index is 0.228. The number of piperidine rings is 2. The largest absolute Gasteiger partial charge is 0.457 e. The molecule has 0 radical (unpaired) electrons. The van der Waals surface area contributed by atoms with Gasteiger partial charge in [-0.3, -0.25) is 15.0 Å². The lowest BCUT2D eigenvalue weighted by atomic mass is 9.97. The number of amides is 3. The number of nitrogen functional groups attached to an aromatic ring is 1. The van der Waals surface area contributed by atoms with Crippen molar-refractivity contribution in [3.63, 3.8) is 0 Å². The maximum absolute atomic E-state index is 12.1. The van der Waals surface area contributed by atoms with Crippen LogP contribution in [0.2, 0.25) is 0 Å². The summed E-state index contributed by atoms with van der Waals surface area (Å²) in [5.41, 5.74) is 10.7. The number of para-hydroxylation sites is 1. The maximum Gasteiger partial charge on any atom is 0.328 e. The highest BCUT2D eigenvalue weighted by molar-refractivity contribution is 6.05. The first-order valence-electron chi connectivity index (χ1n) is 19.5. The van der Waals surface area contributed by atoms with Gasteiger partial charge in [-0.05, 0) is 119 Å². The van der Waals surface area contributed by atoms with Crippen molar-refractivity contribution in [3.05, 3.63) is 90.8 Å². The Morgan fingerprint density at radius 1 is 0.800 bits per heavy atom. The third-order valence-corrected chi connectivity index (χ3v) is 11.0. The van der Waals surface area contributed by atoms with E-state index in [4.69, 9.17) is 15.6 Å². The Hall–Kier alpha value is -5.77. The molecular formula is C43H47N9O3. The molecule has 5 heterocycles. The van der Waals surface area contributed by atoms with Crippen LogP contribution >= 0.6 is 0 Å². The van der Waals surface area contributed by atoms with Gasteiger partial charge in [0.05, 0.1) is 11.4 Å². The summed E-state index contributed by atoms with van der Waals surface area (Å²) in [7, 11) is 0. The van der Waals surface area contributed by atoms with E-state index in [9.17, 15) is 9.59 Å². The molecule has 12 heteroatoms. The van der Waals surface area contributed by atoms with E-state index in [1.54, 1.807) is 11.2 Å². The second-order valence-corrected chi connectivity index (χ2v) is 14.6. The Morgan fingerprint density at radius 3 is 2.27 bits per heavy atom. The zero-order valence-electron chi connectivity index (χ0n) is 31.1. The number of hydrogen-bond acceptors (Lipinski definition) is 9. The van der Waals surface area contributed by atoms with Crippen LogP contribution in [0.4, 0.5) is 16.3 Å². The fourth-order valence-corrected chi connectivity index (χ4v) is 8.01.